The molecule has 0 aliphatic heterocycles. The van der Waals surface area contributed by atoms with Crippen molar-refractivity contribution < 1.29 is 14.5 Å². The van der Waals surface area contributed by atoms with Gasteiger partial charge in [-0.2, -0.15) is 0 Å². The monoisotopic (exact) mass is 285 g/mol. The quantitative estimate of drug-likeness (QED) is 0.392. The van der Waals surface area contributed by atoms with Gasteiger partial charge < -0.3 is 5.32 Å². The summed E-state index contributed by atoms with van der Waals surface area (Å²) < 4.78 is 0. The van der Waals surface area contributed by atoms with Gasteiger partial charge in [-0.1, -0.05) is 0 Å². The Kier molecular flexibility index (Phi) is 4.35. The van der Waals surface area contributed by atoms with Gasteiger partial charge in [0.2, 0.25) is 5.91 Å². The Morgan fingerprint density at radius 1 is 1.19 bits per heavy atom. The summed E-state index contributed by atoms with van der Waals surface area (Å²) in [5.74, 6) is -0.877. The van der Waals surface area contributed by atoms with Crippen LogP contribution < -0.4 is 5.32 Å². The van der Waals surface area contributed by atoms with Gasteiger partial charge in [0.15, 0.2) is 5.78 Å². The van der Waals surface area contributed by atoms with Crippen molar-refractivity contribution >= 4 is 23.1 Å². The highest BCUT2D eigenvalue weighted by atomic mass is 16.6. The first-order valence-electron chi connectivity index (χ1n) is 6.04. The number of anilines is 1. The van der Waals surface area contributed by atoms with Crippen LogP contribution in [0.2, 0.25) is 0 Å². The highest BCUT2D eigenvalue weighted by Gasteiger charge is 2.13. The predicted molar refractivity (Wildman–Crippen MR) is 74.9 cm³/mol. The van der Waals surface area contributed by atoms with Crippen LogP contribution in [0, 0.1) is 10.1 Å². The van der Waals surface area contributed by atoms with E-state index in [0.29, 0.717) is 5.69 Å². The predicted octanol–water partition coefficient (Wildman–Crippen LogP) is 2.20. The van der Waals surface area contributed by atoms with E-state index in [1.807, 2.05) is 0 Å². The van der Waals surface area contributed by atoms with Gasteiger partial charge >= 0.3 is 0 Å². The summed E-state index contributed by atoms with van der Waals surface area (Å²) in [6.45, 7) is 0. The van der Waals surface area contributed by atoms with Crippen molar-refractivity contribution in [3.63, 3.8) is 0 Å². The van der Waals surface area contributed by atoms with Crippen LogP contribution in [0.4, 0.5) is 11.4 Å². The third-order valence-corrected chi connectivity index (χ3v) is 2.67. The number of non-ortho nitro benzene ring substituents is 1. The third-order valence-electron chi connectivity index (χ3n) is 2.67. The van der Waals surface area contributed by atoms with Crippen LogP contribution in [0.1, 0.15) is 16.8 Å². The van der Waals surface area contributed by atoms with Crippen LogP contribution in [0.15, 0.2) is 48.8 Å². The molecule has 0 bridgehead atoms. The molecule has 0 aliphatic rings. The molecule has 0 saturated carbocycles. The average molecular weight is 285 g/mol. The Balaban J connectivity index is 1.97. The Bertz CT molecular complexity index is 668. The molecule has 0 spiro atoms. The largest absolute Gasteiger partial charge is 0.324 e. The first-order chi connectivity index (χ1) is 10.1. The van der Waals surface area contributed by atoms with Crippen LogP contribution in [0.25, 0.3) is 0 Å². The van der Waals surface area contributed by atoms with Crippen LogP contribution in [-0.4, -0.2) is 21.6 Å². The number of pyridine rings is 1. The number of aromatic nitrogens is 1. The second kappa shape index (κ2) is 6.38. The number of rotatable bonds is 5. The highest BCUT2D eigenvalue weighted by molar-refractivity contribution is 6.11. The van der Waals surface area contributed by atoms with E-state index in [4.69, 9.17) is 0 Å². The Morgan fingerprint density at radius 3 is 2.48 bits per heavy atom. The summed E-state index contributed by atoms with van der Waals surface area (Å²) in [7, 11) is 0. The zero-order valence-electron chi connectivity index (χ0n) is 10.9. The minimum absolute atomic E-state index is 0.105. The van der Waals surface area contributed by atoms with Crippen LogP contribution in [0.3, 0.4) is 0 Å². The number of hydrogen-bond acceptors (Lipinski definition) is 5. The van der Waals surface area contributed by atoms with Crippen molar-refractivity contribution in [1.29, 1.82) is 0 Å². The lowest BCUT2D eigenvalue weighted by Gasteiger charge is -2.04. The van der Waals surface area contributed by atoms with Crippen molar-refractivity contribution in [3.8, 4) is 0 Å². The minimum atomic E-state index is -0.552. The second-order valence-electron chi connectivity index (χ2n) is 4.19. The first-order valence-corrected chi connectivity index (χ1v) is 6.04. The lowest BCUT2D eigenvalue weighted by atomic mass is 10.1. The average Bonchev–Trinajstić information content (AvgIpc) is 2.48. The van der Waals surface area contributed by atoms with Crippen LogP contribution >= 0.6 is 0 Å². The van der Waals surface area contributed by atoms with Gasteiger partial charge in [0.05, 0.1) is 23.2 Å². The summed E-state index contributed by atoms with van der Waals surface area (Å²) in [6.07, 6.45) is 2.69. The lowest BCUT2D eigenvalue weighted by molar-refractivity contribution is -0.384. The zero-order valence-corrected chi connectivity index (χ0v) is 10.9. The summed E-state index contributed by atoms with van der Waals surface area (Å²) >= 11 is 0. The Morgan fingerprint density at radius 2 is 1.90 bits per heavy atom. The summed E-state index contributed by atoms with van der Waals surface area (Å²) in [6, 6.07) is 8.43. The number of ketones is 1. The molecule has 21 heavy (non-hydrogen) atoms. The molecule has 0 atom stereocenters. The molecule has 0 radical (unpaired) electrons. The van der Waals surface area contributed by atoms with Crippen molar-refractivity contribution in [2.75, 3.05) is 5.32 Å². The fourth-order valence-electron chi connectivity index (χ4n) is 1.66. The van der Waals surface area contributed by atoms with Gasteiger partial charge in [0, 0.05) is 23.9 Å². The van der Waals surface area contributed by atoms with Crippen molar-refractivity contribution in [3.05, 3.63) is 64.5 Å². The van der Waals surface area contributed by atoms with E-state index in [-0.39, 0.29) is 17.7 Å². The molecule has 2 rings (SSSR count). The number of Topliss-reactive ketones (excluding diaryl/α,β-unsaturated/α-hetero) is 1. The molecular formula is C14H11N3O4. The van der Waals surface area contributed by atoms with E-state index in [9.17, 15) is 19.7 Å². The molecule has 1 amide bonds. The molecule has 7 nitrogen and oxygen atoms in total. The number of nitrogens with one attached hydrogen (secondary N) is 1. The molecule has 0 fully saturated rings. The number of amides is 1. The first kappa shape index (κ1) is 14.3. The summed E-state index contributed by atoms with van der Waals surface area (Å²) in [4.78, 5) is 37.4. The minimum Gasteiger partial charge on any atom is -0.324 e. The topological polar surface area (TPSA) is 102 Å². The van der Waals surface area contributed by atoms with Crippen molar-refractivity contribution in [1.82, 2.24) is 4.98 Å². The van der Waals surface area contributed by atoms with Crippen LogP contribution in [-0.2, 0) is 4.79 Å². The lowest BCUT2D eigenvalue weighted by Crippen LogP contribution is -2.16. The molecule has 0 unspecified atom stereocenters. The van der Waals surface area contributed by atoms with E-state index < -0.39 is 16.6 Å². The maximum Gasteiger partial charge on any atom is 0.269 e. The van der Waals surface area contributed by atoms with E-state index in [2.05, 4.69) is 10.3 Å². The summed E-state index contributed by atoms with van der Waals surface area (Å²) in [5.41, 5.74) is 0.646. The van der Waals surface area contributed by atoms with Gasteiger partial charge in [0.25, 0.3) is 5.69 Å². The molecule has 106 valence electrons. The molecule has 2 aromatic rings. The molecule has 0 saturated heterocycles. The Labute approximate surface area is 119 Å². The van der Waals surface area contributed by atoms with Crippen molar-refractivity contribution in [2.24, 2.45) is 0 Å². The maximum atomic E-state index is 11.9. The number of benzene rings is 1. The molecule has 1 aromatic heterocycles. The Hall–Kier alpha value is -3.09. The number of nitro groups is 1. The fourth-order valence-corrected chi connectivity index (χ4v) is 1.66. The van der Waals surface area contributed by atoms with Gasteiger partial charge in [-0.3, -0.25) is 24.7 Å². The van der Waals surface area contributed by atoms with Crippen LogP contribution in [0.5, 0.6) is 0 Å². The molecule has 1 aromatic carbocycles. The fraction of sp³-hybridized carbons (Fsp3) is 0.0714. The molecule has 1 N–H and O–H groups in total. The standard InChI is InChI=1S/C14H11N3O4/c18-13(10-3-5-12(6-4-10)17(20)21)8-14(19)16-11-2-1-7-15-9-11/h1-7,9H,8H2,(H,16,19). The number of carbonyl (C=O) groups is 2. The number of nitro benzene ring substituents is 1. The van der Waals surface area contributed by atoms with E-state index in [0.717, 1.165) is 0 Å². The third kappa shape index (κ3) is 3.93. The normalized spacial score (nSPS) is 9.90. The molecule has 7 heteroatoms. The zero-order chi connectivity index (χ0) is 15.2. The number of nitrogens with zero attached hydrogens (tertiary/aromatic N) is 2. The van der Waals surface area contributed by atoms with E-state index >= 15 is 0 Å². The molecule has 0 aliphatic carbocycles. The SMILES string of the molecule is O=C(CC(=O)c1ccc([N+](=O)[O-])cc1)Nc1cccnc1. The maximum absolute atomic E-state index is 11.9. The summed E-state index contributed by atoms with van der Waals surface area (Å²) in [5, 5.41) is 13.1. The number of carbonyl (C=O) groups excluding carboxylic acids is 2. The van der Waals surface area contributed by atoms with E-state index in [1.54, 1.807) is 18.3 Å². The van der Waals surface area contributed by atoms with Gasteiger partial charge in [-0.15, -0.1) is 0 Å². The number of hydrogen-bond donors (Lipinski definition) is 1. The highest BCUT2D eigenvalue weighted by Crippen LogP contribution is 2.13. The van der Waals surface area contributed by atoms with Gasteiger partial charge in [0.1, 0.15) is 0 Å². The van der Waals surface area contributed by atoms with Crippen molar-refractivity contribution in [2.45, 2.75) is 6.42 Å². The molecule has 1 heterocycles. The second-order valence-corrected chi connectivity index (χ2v) is 4.19. The van der Waals surface area contributed by atoms with Gasteiger partial charge in [-0.05, 0) is 24.3 Å². The molecular weight excluding hydrogens is 274 g/mol. The van der Waals surface area contributed by atoms with E-state index in [1.165, 1.54) is 30.5 Å². The smallest absolute Gasteiger partial charge is 0.269 e. The van der Waals surface area contributed by atoms with Gasteiger partial charge in [-0.25, -0.2) is 0 Å².